The first-order valence-corrected chi connectivity index (χ1v) is 9.01. The van der Waals surface area contributed by atoms with Crippen LogP contribution in [0.4, 0.5) is 0 Å². The van der Waals surface area contributed by atoms with Gasteiger partial charge in [0.1, 0.15) is 6.10 Å². The highest BCUT2D eigenvalue weighted by atomic mass is 32.2. The number of benzene rings is 1. The van der Waals surface area contributed by atoms with E-state index < -0.39 is 10.0 Å². The molecule has 25 heavy (non-hydrogen) atoms. The van der Waals surface area contributed by atoms with Crippen LogP contribution >= 0.6 is 0 Å². The predicted octanol–water partition coefficient (Wildman–Crippen LogP) is 1.20. The number of methoxy groups -OCH3 is 1. The minimum absolute atomic E-state index is 0.163. The number of hydrogen-bond donors (Lipinski definition) is 0. The van der Waals surface area contributed by atoms with Gasteiger partial charge in [-0.15, -0.1) is 10.2 Å². The van der Waals surface area contributed by atoms with Crippen LogP contribution < -0.4 is 9.47 Å². The highest BCUT2D eigenvalue weighted by Crippen LogP contribution is 2.24. The fraction of sp³-hybridized carbons (Fsp3) is 0.312. The summed E-state index contributed by atoms with van der Waals surface area (Å²) in [5, 5.41) is 16.5. The summed E-state index contributed by atoms with van der Waals surface area (Å²) in [6.07, 6.45) is 0.263. The fourth-order valence-corrected chi connectivity index (χ4v) is 4.00. The van der Waals surface area contributed by atoms with Crippen LogP contribution in [-0.4, -0.2) is 49.2 Å². The average Bonchev–Trinajstić information content (AvgIpc) is 3.12. The second-order valence-corrected chi connectivity index (χ2v) is 7.38. The highest BCUT2D eigenvalue weighted by Gasteiger charge is 2.33. The van der Waals surface area contributed by atoms with Crippen LogP contribution in [0.5, 0.6) is 11.8 Å². The van der Waals surface area contributed by atoms with Gasteiger partial charge in [0, 0.05) is 18.7 Å². The van der Waals surface area contributed by atoms with E-state index >= 15 is 0 Å². The highest BCUT2D eigenvalue weighted by molar-refractivity contribution is 7.89. The third kappa shape index (κ3) is 3.70. The average molecular weight is 360 g/mol. The van der Waals surface area contributed by atoms with Crippen LogP contribution in [0.15, 0.2) is 41.3 Å². The van der Waals surface area contributed by atoms with Gasteiger partial charge in [-0.2, -0.15) is 9.57 Å². The van der Waals surface area contributed by atoms with Gasteiger partial charge in [-0.3, -0.25) is 0 Å². The number of aromatic nitrogens is 2. The lowest BCUT2D eigenvalue weighted by Gasteiger charge is -2.17. The van der Waals surface area contributed by atoms with Crippen molar-refractivity contribution in [1.82, 2.24) is 14.5 Å². The Bertz CT molecular complexity index is 876. The summed E-state index contributed by atoms with van der Waals surface area (Å²) in [6.45, 7) is 0.590. The normalized spacial score (nSPS) is 17.8. The van der Waals surface area contributed by atoms with Crippen molar-refractivity contribution in [3.8, 4) is 17.8 Å². The molecule has 2 heterocycles. The molecule has 1 aliphatic heterocycles. The number of rotatable bonds is 5. The molecule has 1 saturated heterocycles. The molecule has 0 aliphatic carbocycles. The quantitative estimate of drug-likeness (QED) is 0.789. The van der Waals surface area contributed by atoms with Gasteiger partial charge >= 0.3 is 0 Å². The molecule has 1 aromatic heterocycles. The molecule has 8 nitrogen and oxygen atoms in total. The number of sulfonamides is 1. The van der Waals surface area contributed by atoms with Crippen molar-refractivity contribution in [2.24, 2.45) is 0 Å². The molecule has 1 aliphatic rings. The van der Waals surface area contributed by atoms with Gasteiger partial charge in [0.25, 0.3) is 0 Å². The summed E-state index contributed by atoms with van der Waals surface area (Å²) in [7, 11) is -2.12. The monoisotopic (exact) mass is 360 g/mol. The first kappa shape index (κ1) is 17.1. The molecule has 0 bridgehead atoms. The molecule has 0 radical (unpaired) electrons. The minimum Gasteiger partial charge on any atom is -0.480 e. The molecule has 2 aromatic rings. The molecular formula is C16H16N4O4S. The third-order valence-electron chi connectivity index (χ3n) is 3.84. The van der Waals surface area contributed by atoms with Crippen LogP contribution in [0.3, 0.4) is 0 Å². The standard InChI is InChI=1S/C16H16N4O4S/c1-23-15-6-7-16(19-18-15)24-13-8-9-20(11-13)25(21,22)14-4-2-12(10-17)3-5-14/h2-7,13H,8-9,11H2,1H3/t13-/m1/s1. The Balaban J connectivity index is 1.67. The van der Waals surface area contributed by atoms with E-state index in [2.05, 4.69) is 10.2 Å². The first-order chi connectivity index (χ1) is 12.0. The Hall–Kier alpha value is -2.70. The molecule has 0 unspecified atom stereocenters. The number of nitrogens with zero attached hydrogens (tertiary/aromatic N) is 4. The van der Waals surface area contributed by atoms with Crippen molar-refractivity contribution in [2.75, 3.05) is 20.2 Å². The van der Waals surface area contributed by atoms with Crippen molar-refractivity contribution in [2.45, 2.75) is 17.4 Å². The Kier molecular flexibility index (Phi) is 4.83. The lowest BCUT2D eigenvalue weighted by Crippen LogP contribution is -2.31. The third-order valence-corrected chi connectivity index (χ3v) is 5.72. The summed E-state index contributed by atoms with van der Waals surface area (Å²) in [5.74, 6) is 0.701. The Labute approximate surface area is 145 Å². The maximum Gasteiger partial charge on any atom is 0.243 e. The van der Waals surface area contributed by atoms with E-state index in [1.165, 1.54) is 35.7 Å². The van der Waals surface area contributed by atoms with Gasteiger partial charge in [-0.25, -0.2) is 8.42 Å². The number of hydrogen-bond acceptors (Lipinski definition) is 7. The molecular weight excluding hydrogens is 344 g/mol. The topological polar surface area (TPSA) is 105 Å². The molecule has 3 rings (SSSR count). The molecule has 0 saturated carbocycles. The minimum atomic E-state index is -3.61. The van der Waals surface area contributed by atoms with Crippen LogP contribution in [0.25, 0.3) is 0 Å². The molecule has 0 N–H and O–H groups in total. The van der Waals surface area contributed by atoms with Gasteiger partial charge in [0.2, 0.25) is 21.8 Å². The summed E-state index contributed by atoms with van der Waals surface area (Å²) < 4.78 is 37.3. The maximum atomic E-state index is 12.7. The van der Waals surface area contributed by atoms with E-state index in [0.717, 1.165) is 0 Å². The number of ether oxygens (including phenoxy) is 2. The van der Waals surface area contributed by atoms with Gasteiger partial charge in [0.15, 0.2) is 0 Å². The maximum absolute atomic E-state index is 12.7. The first-order valence-electron chi connectivity index (χ1n) is 7.57. The van der Waals surface area contributed by atoms with Gasteiger partial charge in [-0.05, 0) is 30.7 Å². The zero-order valence-electron chi connectivity index (χ0n) is 13.5. The molecule has 130 valence electrons. The summed E-state index contributed by atoms with van der Waals surface area (Å²) >= 11 is 0. The van der Waals surface area contributed by atoms with Crippen molar-refractivity contribution in [1.29, 1.82) is 5.26 Å². The second kappa shape index (κ2) is 7.04. The predicted molar refractivity (Wildman–Crippen MR) is 87.5 cm³/mol. The van der Waals surface area contributed by atoms with E-state index in [9.17, 15) is 8.42 Å². The van der Waals surface area contributed by atoms with Crippen LogP contribution in [0.2, 0.25) is 0 Å². The molecule has 1 fully saturated rings. The van der Waals surface area contributed by atoms with E-state index in [1.807, 2.05) is 6.07 Å². The largest absolute Gasteiger partial charge is 0.480 e. The van der Waals surface area contributed by atoms with Crippen molar-refractivity contribution in [3.63, 3.8) is 0 Å². The number of nitriles is 1. The summed E-state index contributed by atoms with van der Waals surface area (Å²) in [6, 6.07) is 11.1. The van der Waals surface area contributed by atoms with Crippen LogP contribution in [0, 0.1) is 11.3 Å². The lowest BCUT2D eigenvalue weighted by atomic mass is 10.2. The zero-order valence-corrected chi connectivity index (χ0v) is 14.3. The molecule has 0 spiro atoms. The second-order valence-electron chi connectivity index (χ2n) is 5.44. The van der Waals surface area contributed by atoms with Crippen molar-refractivity contribution < 1.29 is 17.9 Å². The van der Waals surface area contributed by atoms with Crippen molar-refractivity contribution in [3.05, 3.63) is 42.0 Å². The van der Waals surface area contributed by atoms with Gasteiger partial charge in [-0.1, -0.05) is 0 Å². The smallest absolute Gasteiger partial charge is 0.243 e. The lowest BCUT2D eigenvalue weighted by molar-refractivity contribution is 0.203. The van der Waals surface area contributed by atoms with Crippen LogP contribution in [-0.2, 0) is 10.0 Å². The van der Waals surface area contributed by atoms with E-state index in [0.29, 0.717) is 30.3 Å². The summed E-state index contributed by atoms with van der Waals surface area (Å²) in [5.41, 5.74) is 0.416. The Morgan fingerprint density at radius 1 is 1.16 bits per heavy atom. The van der Waals surface area contributed by atoms with Crippen LogP contribution in [0.1, 0.15) is 12.0 Å². The molecule has 9 heteroatoms. The Morgan fingerprint density at radius 2 is 1.84 bits per heavy atom. The molecule has 1 aromatic carbocycles. The molecule has 0 amide bonds. The Morgan fingerprint density at radius 3 is 2.44 bits per heavy atom. The SMILES string of the molecule is COc1ccc(O[C@@H]2CCN(S(=O)(=O)c3ccc(C#N)cc3)C2)nn1. The van der Waals surface area contributed by atoms with E-state index in [1.54, 1.807) is 12.1 Å². The fourth-order valence-electron chi connectivity index (χ4n) is 2.51. The van der Waals surface area contributed by atoms with Gasteiger partial charge < -0.3 is 9.47 Å². The summed E-state index contributed by atoms with van der Waals surface area (Å²) in [4.78, 5) is 0.163. The zero-order chi connectivity index (χ0) is 17.9. The van der Waals surface area contributed by atoms with Crippen molar-refractivity contribution >= 4 is 10.0 Å². The van der Waals surface area contributed by atoms with E-state index in [-0.39, 0.29) is 17.5 Å². The van der Waals surface area contributed by atoms with E-state index in [4.69, 9.17) is 14.7 Å². The molecule has 1 atom stereocenters. The van der Waals surface area contributed by atoms with Gasteiger partial charge in [0.05, 0.1) is 30.2 Å².